The van der Waals surface area contributed by atoms with Gasteiger partial charge in [-0.2, -0.15) is 0 Å². The number of nitrogens with one attached hydrogen (secondary N) is 2. The number of anilines is 1. The molecule has 28 heavy (non-hydrogen) atoms. The molecule has 0 aromatic heterocycles. The number of esters is 1. The number of non-ortho nitro benzene ring substituents is 1. The molecule has 0 saturated heterocycles. The van der Waals surface area contributed by atoms with Gasteiger partial charge in [-0.3, -0.25) is 19.7 Å². The third-order valence-corrected chi connectivity index (χ3v) is 3.61. The number of nitro benzene ring substituents is 1. The van der Waals surface area contributed by atoms with E-state index in [2.05, 4.69) is 10.6 Å². The van der Waals surface area contributed by atoms with Crippen LogP contribution in [0.4, 0.5) is 11.4 Å². The van der Waals surface area contributed by atoms with E-state index >= 15 is 0 Å². The first-order valence-electron chi connectivity index (χ1n) is 7.97. The quantitative estimate of drug-likeness (QED) is 0.419. The molecule has 0 bridgehead atoms. The lowest BCUT2D eigenvalue weighted by atomic mass is 10.2. The van der Waals surface area contributed by atoms with Gasteiger partial charge >= 0.3 is 5.97 Å². The van der Waals surface area contributed by atoms with Crippen molar-refractivity contribution in [1.29, 1.82) is 0 Å². The zero-order valence-corrected chi connectivity index (χ0v) is 15.1. The van der Waals surface area contributed by atoms with Gasteiger partial charge in [-0.25, -0.2) is 4.79 Å². The molecule has 0 unspecified atom stereocenters. The molecule has 0 aliphatic rings. The smallest absolute Gasteiger partial charge is 0.342 e. The minimum atomic E-state index is -0.939. The molecule has 10 nitrogen and oxygen atoms in total. The van der Waals surface area contributed by atoms with Crippen LogP contribution in [-0.2, 0) is 9.53 Å². The molecule has 2 amide bonds. The maximum atomic E-state index is 12.2. The van der Waals surface area contributed by atoms with Crippen LogP contribution in [0.3, 0.4) is 0 Å². The molecule has 146 valence electrons. The van der Waals surface area contributed by atoms with E-state index in [9.17, 15) is 24.5 Å². The largest absolute Gasteiger partial charge is 0.496 e. The molecular formula is C18H17N3O7. The summed E-state index contributed by atoms with van der Waals surface area (Å²) in [5.74, 6) is -1.74. The first-order valence-corrected chi connectivity index (χ1v) is 7.97. The van der Waals surface area contributed by atoms with Crippen LogP contribution in [0.1, 0.15) is 20.7 Å². The normalized spacial score (nSPS) is 9.93. The highest BCUT2D eigenvalue weighted by atomic mass is 16.6. The number of rotatable bonds is 7. The number of carbonyl (C=O) groups is 3. The fourth-order valence-corrected chi connectivity index (χ4v) is 2.22. The zero-order chi connectivity index (χ0) is 20.7. The Balaban J connectivity index is 1.99. The topological polar surface area (TPSA) is 137 Å². The number of hydrogen-bond donors (Lipinski definition) is 2. The second-order valence-electron chi connectivity index (χ2n) is 5.42. The molecule has 2 N–H and O–H groups in total. The molecule has 0 aliphatic carbocycles. The van der Waals surface area contributed by atoms with E-state index in [4.69, 9.17) is 9.47 Å². The fourth-order valence-electron chi connectivity index (χ4n) is 2.22. The first-order chi connectivity index (χ1) is 13.3. The highest BCUT2D eigenvalue weighted by Crippen LogP contribution is 2.24. The molecule has 0 atom stereocenters. The van der Waals surface area contributed by atoms with Gasteiger partial charge in [0.15, 0.2) is 6.61 Å². The van der Waals surface area contributed by atoms with E-state index in [-0.39, 0.29) is 22.9 Å². The Morgan fingerprint density at radius 3 is 2.36 bits per heavy atom. The lowest BCUT2D eigenvalue weighted by Gasteiger charge is -2.09. The van der Waals surface area contributed by atoms with Crippen molar-refractivity contribution in [1.82, 2.24) is 5.32 Å². The van der Waals surface area contributed by atoms with Gasteiger partial charge in [0.25, 0.3) is 17.5 Å². The molecule has 0 fully saturated rings. The van der Waals surface area contributed by atoms with Crippen LogP contribution in [-0.4, -0.2) is 43.5 Å². The van der Waals surface area contributed by atoms with Crippen molar-refractivity contribution in [3.8, 4) is 5.75 Å². The van der Waals surface area contributed by atoms with Gasteiger partial charge in [0.05, 0.1) is 12.0 Å². The van der Waals surface area contributed by atoms with Crippen LogP contribution in [0, 0.1) is 10.1 Å². The van der Waals surface area contributed by atoms with Gasteiger partial charge in [-0.15, -0.1) is 0 Å². The minimum Gasteiger partial charge on any atom is -0.496 e. The monoisotopic (exact) mass is 387 g/mol. The van der Waals surface area contributed by atoms with Crippen molar-refractivity contribution >= 4 is 29.2 Å². The molecule has 0 spiro atoms. The van der Waals surface area contributed by atoms with Crippen molar-refractivity contribution in [3.63, 3.8) is 0 Å². The van der Waals surface area contributed by atoms with Crippen molar-refractivity contribution < 1.29 is 28.8 Å². The number of methoxy groups -OCH3 is 1. The molecule has 0 radical (unpaired) electrons. The van der Waals surface area contributed by atoms with Crippen LogP contribution in [0.25, 0.3) is 0 Å². The molecule has 10 heteroatoms. The number of ether oxygens (including phenoxy) is 2. The van der Waals surface area contributed by atoms with Crippen molar-refractivity contribution in [2.45, 2.75) is 0 Å². The lowest BCUT2D eigenvalue weighted by molar-refractivity contribution is -0.384. The number of carbonyl (C=O) groups excluding carboxylic acids is 3. The first kappa shape index (κ1) is 20.4. The Labute approximate surface area is 159 Å². The average Bonchev–Trinajstić information content (AvgIpc) is 2.71. The van der Waals surface area contributed by atoms with Gasteiger partial charge in [0.1, 0.15) is 11.3 Å². The van der Waals surface area contributed by atoms with E-state index in [1.807, 2.05) is 0 Å². The van der Waals surface area contributed by atoms with Gasteiger partial charge in [0.2, 0.25) is 0 Å². The summed E-state index contributed by atoms with van der Waals surface area (Å²) in [6.45, 7) is -0.609. The Kier molecular flexibility index (Phi) is 6.63. The van der Waals surface area contributed by atoms with Gasteiger partial charge in [-0.1, -0.05) is 0 Å². The number of benzene rings is 2. The fraction of sp³-hybridized carbons (Fsp3) is 0.167. The third kappa shape index (κ3) is 5.04. The predicted octanol–water partition coefficient (Wildman–Crippen LogP) is 1.76. The van der Waals surface area contributed by atoms with Crippen LogP contribution in [0.2, 0.25) is 0 Å². The number of amides is 2. The molecule has 2 rings (SSSR count). The standard InChI is InChI=1S/C18H17N3O7/c1-19-17(23)11-3-5-12(6-4-11)20-16(22)10-28-18(24)14-9-13(21(25)26)7-8-15(14)27-2/h3-9H,10H2,1-2H3,(H,19,23)(H,20,22). The predicted molar refractivity (Wildman–Crippen MR) is 98.4 cm³/mol. The van der Waals surface area contributed by atoms with Crippen molar-refractivity contribution in [2.75, 3.05) is 26.1 Å². The molecule has 2 aromatic carbocycles. The van der Waals surface area contributed by atoms with E-state index < -0.39 is 23.4 Å². The molecule has 0 aliphatic heterocycles. The van der Waals surface area contributed by atoms with Gasteiger partial charge in [-0.05, 0) is 30.3 Å². The average molecular weight is 387 g/mol. The Bertz CT molecular complexity index is 910. The number of nitrogens with zero attached hydrogens (tertiary/aromatic N) is 1. The third-order valence-electron chi connectivity index (χ3n) is 3.61. The molecular weight excluding hydrogens is 370 g/mol. The van der Waals surface area contributed by atoms with E-state index in [1.54, 1.807) is 0 Å². The second-order valence-corrected chi connectivity index (χ2v) is 5.42. The molecule has 0 heterocycles. The summed E-state index contributed by atoms with van der Waals surface area (Å²) in [4.78, 5) is 45.8. The highest BCUT2D eigenvalue weighted by molar-refractivity contribution is 5.98. The maximum Gasteiger partial charge on any atom is 0.342 e. The van der Waals surface area contributed by atoms with E-state index in [0.717, 1.165) is 6.07 Å². The summed E-state index contributed by atoms with van der Waals surface area (Å²) in [5.41, 5.74) is 0.346. The van der Waals surface area contributed by atoms with E-state index in [0.29, 0.717) is 11.3 Å². The summed E-state index contributed by atoms with van der Waals surface area (Å²) in [5, 5.41) is 15.8. The Morgan fingerprint density at radius 1 is 1.11 bits per heavy atom. The molecule has 0 saturated carbocycles. The van der Waals surface area contributed by atoms with Gasteiger partial charge in [0, 0.05) is 30.4 Å². The zero-order valence-electron chi connectivity index (χ0n) is 15.1. The summed E-state index contributed by atoms with van der Waals surface area (Å²) >= 11 is 0. The Morgan fingerprint density at radius 2 is 1.79 bits per heavy atom. The minimum absolute atomic E-state index is 0.0841. The maximum absolute atomic E-state index is 12.2. The Hall–Kier alpha value is -3.95. The van der Waals surface area contributed by atoms with E-state index in [1.165, 1.54) is 50.6 Å². The van der Waals surface area contributed by atoms with Crippen molar-refractivity contribution in [3.05, 3.63) is 63.7 Å². The second kappa shape index (κ2) is 9.12. The summed E-state index contributed by atoms with van der Waals surface area (Å²) in [7, 11) is 2.80. The van der Waals surface area contributed by atoms with Crippen LogP contribution in [0.15, 0.2) is 42.5 Å². The highest BCUT2D eigenvalue weighted by Gasteiger charge is 2.19. The van der Waals surface area contributed by atoms with Crippen LogP contribution < -0.4 is 15.4 Å². The lowest BCUT2D eigenvalue weighted by Crippen LogP contribution is -2.21. The number of nitro groups is 1. The summed E-state index contributed by atoms with van der Waals surface area (Å²) in [6.07, 6.45) is 0. The van der Waals surface area contributed by atoms with Crippen LogP contribution >= 0.6 is 0 Å². The number of hydrogen-bond acceptors (Lipinski definition) is 7. The van der Waals surface area contributed by atoms with Crippen molar-refractivity contribution in [2.24, 2.45) is 0 Å². The molecule has 2 aromatic rings. The van der Waals surface area contributed by atoms with Gasteiger partial charge < -0.3 is 20.1 Å². The van der Waals surface area contributed by atoms with Crippen LogP contribution in [0.5, 0.6) is 5.75 Å². The SMILES string of the molecule is CNC(=O)c1ccc(NC(=O)COC(=O)c2cc([N+](=O)[O-])ccc2OC)cc1. The summed E-state index contributed by atoms with van der Waals surface area (Å²) in [6, 6.07) is 9.55. The summed E-state index contributed by atoms with van der Waals surface area (Å²) < 4.78 is 9.89.